The Labute approximate surface area is 194 Å². The first-order valence-electron chi connectivity index (χ1n) is 10.4. The van der Waals surface area contributed by atoms with Crippen LogP contribution >= 0.6 is 11.6 Å². The smallest absolute Gasteiger partial charge is 0.379 e. The van der Waals surface area contributed by atoms with E-state index in [-0.39, 0.29) is 39.8 Å². The number of hydrogen-bond donors (Lipinski definition) is 1. The van der Waals surface area contributed by atoms with Crippen molar-refractivity contribution < 1.29 is 19.5 Å². The van der Waals surface area contributed by atoms with Crippen molar-refractivity contribution in [3.05, 3.63) is 52.4 Å². The normalized spacial score (nSPS) is 19.1. The summed E-state index contributed by atoms with van der Waals surface area (Å²) in [5.74, 6) is -3.27. The van der Waals surface area contributed by atoms with Crippen LogP contribution in [0.4, 0.5) is 0 Å². The van der Waals surface area contributed by atoms with Crippen LogP contribution in [-0.4, -0.2) is 77.5 Å². The molecule has 1 amide bonds. The number of aromatic nitrogens is 4. The van der Waals surface area contributed by atoms with E-state index < -0.39 is 17.7 Å². The number of piperazine rings is 1. The molecule has 4 rings (SSSR count). The Morgan fingerprint density at radius 2 is 1.79 bits per heavy atom. The predicted octanol–water partition coefficient (Wildman–Crippen LogP) is 2.02. The van der Waals surface area contributed by atoms with E-state index in [1.54, 1.807) is 4.90 Å². The Morgan fingerprint density at radius 1 is 1.09 bits per heavy atom. The second kappa shape index (κ2) is 8.87. The van der Waals surface area contributed by atoms with Crippen molar-refractivity contribution in [2.75, 3.05) is 13.1 Å². The molecular weight excluding hydrogens is 448 g/mol. The summed E-state index contributed by atoms with van der Waals surface area (Å²) < 4.78 is 1.08. The van der Waals surface area contributed by atoms with Gasteiger partial charge in [-0.3, -0.25) is 19.2 Å². The van der Waals surface area contributed by atoms with Crippen molar-refractivity contribution in [2.45, 2.75) is 32.5 Å². The first kappa shape index (κ1) is 22.8. The van der Waals surface area contributed by atoms with Crippen LogP contribution in [0.15, 0.2) is 30.3 Å². The Balaban J connectivity index is 1.62. The molecule has 0 unspecified atom stereocenters. The molecule has 1 N–H and O–H groups in total. The fourth-order valence-electron chi connectivity index (χ4n) is 4.13. The molecule has 33 heavy (non-hydrogen) atoms. The first-order chi connectivity index (χ1) is 15.7. The molecule has 0 saturated carbocycles. The average Bonchev–Trinajstić information content (AvgIpc) is 3.09. The summed E-state index contributed by atoms with van der Waals surface area (Å²) in [5, 5.41) is 13.0. The molecule has 0 bridgehead atoms. The summed E-state index contributed by atoms with van der Waals surface area (Å²) >= 11 is 6.26. The van der Waals surface area contributed by atoms with Crippen LogP contribution < -0.4 is 0 Å². The van der Waals surface area contributed by atoms with Crippen LogP contribution in [0.3, 0.4) is 0 Å². The number of aliphatic carboxylic acids is 1. The van der Waals surface area contributed by atoms with E-state index in [4.69, 9.17) is 16.7 Å². The Kier molecular flexibility index (Phi) is 6.13. The van der Waals surface area contributed by atoms with Crippen molar-refractivity contribution in [2.24, 2.45) is 7.05 Å². The van der Waals surface area contributed by atoms with E-state index in [0.29, 0.717) is 13.1 Å². The van der Waals surface area contributed by atoms with Gasteiger partial charge in [-0.1, -0.05) is 41.9 Å². The summed E-state index contributed by atoms with van der Waals surface area (Å²) in [6, 6.07) is 10.1. The van der Waals surface area contributed by atoms with Crippen molar-refractivity contribution in [3.63, 3.8) is 0 Å². The number of rotatable bonds is 5. The molecular formula is C22H23ClN6O4. The van der Waals surface area contributed by atoms with Gasteiger partial charge in [0.05, 0.1) is 0 Å². The summed E-state index contributed by atoms with van der Waals surface area (Å²) in [6.45, 7) is 5.89. The van der Waals surface area contributed by atoms with Crippen LogP contribution in [0.25, 0.3) is 11.2 Å². The molecule has 0 radical (unpaired) electrons. The third-order valence-electron chi connectivity index (χ3n) is 5.84. The number of hydrogen-bond acceptors (Lipinski definition) is 7. The molecule has 3 heterocycles. The van der Waals surface area contributed by atoms with Gasteiger partial charge in [0.25, 0.3) is 11.7 Å². The summed E-state index contributed by atoms with van der Waals surface area (Å²) in [7, 11) is 1.41. The van der Waals surface area contributed by atoms with E-state index in [9.17, 15) is 14.4 Å². The number of ketones is 1. The number of aryl methyl sites for hydroxylation is 1. The Bertz CT molecular complexity index is 1240. The van der Waals surface area contributed by atoms with Crippen LogP contribution in [0, 0.1) is 0 Å². The number of nitrogens with zero attached hydrogens (tertiary/aromatic N) is 6. The Hall–Kier alpha value is -3.37. The number of benzene rings is 1. The molecule has 11 heteroatoms. The molecule has 2 atom stereocenters. The number of fused-ring (bicyclic) bond motifs is 1. The summed E-state index contributed by atoms with van der Waals surface area (Å²) in [4.78, 5) is 49.1. The Morgan fingerprint density at radius 3 is 2.45 bits per heavy atom. The molecule has 1 fully saturated rings. The highest BCUT2D eigenvalue weighted by Gasteiger charge is 2.35. The second-order valence-electron chi connectivity index (χ2n) is 8.21. The lowest BCUT2D eigenvalue weighted by Gasteiger charge is -2.44. The van der Waals surface area contributed by atoms with Crippen LogP contribution in [0.1, 0.15) is 40.4 Å². The van der Waals surface area contributed by atoms with Gasteiger partial charge in [0.15, 0.2) is 10.8 Å². The lowest BCUT2D eigenvalue weighted by molar-refractivity contribution is -0.131. The largest absolute Gasteiger partial charge is 0.475 e. The maximum Gasteiger partial charge on any atom is 0.379 e. The lowest BCUT2D eigenvalue weighted by Crippen LogP contribution is -2.57. The second-order valence-corrected chi connectivity index (χ2v) is 8.57. The predicted molar refractivity (Wildman–Crippen MR) is 120 cm³/mol. The zero-order valence-corrected chi connectivity index (χ0v) is 19.2. The van der Waals surface area contributed by atoms with Crippen LogP contribution in [0.5, 0.6) is 0 Å². The summed E-state index contributed by atoms with van der Waals surface area (Å²) in [6.07, 6.45) is 0. The minimum Gasteiger partial charge on any atom is -0.475 e. The zero-order valence-electron chi connectivity index (χ0n) is 18.4. The molecule has 1 aliphatic rings. The number of Topliss-reactive ketones (excluding diaryl/α,β-unsaturated/α-hetero) is 1. The monoisotopic (exact) mass is 470 g/mol. The number of carboxylic acids is 1. The maximum atomic E-state index is 13.4. The van der Waals surface area contributed by atoms with Gasteiger partial charge in [-0.25, -0.2) is 14.8 Å². The molecule has 1 saturated heterocycles. The van der Waals surface area contributed by atoms with Gasteiger partial charge in [-0.05, 0) is 19.4 Å². The first-order valence-corrected chi connectivity index (χ1v) is 10.8. The van der Waals surface area contributed by atoms with Gasteiger partial charge in [0, 0.05) is 38.8 Å². The highest BCUT2D eigenvalue weighted by molar-refractivity contribution is 6.41. The number of carbonyl (C=O) groups excluding carboxylic acids is 2. The quantitative estimate of drug-likeness (QED) is 0.444. The van der Waals surface area contributed by atoms with Gasteiger partial charge in [0.2, 0.25) is 5.65 Å². The minimum absolute atomic E-state index is 0.00209. The number of carbonyl (C=O) groups is 3. The molecule has 1 aromatic carbocycles. The highest BCUT2D eigenvalue weighted by Crippen LogP contribution is 2.24. The van der Waals surface area contributed by atoms with Crippen molar-refractivity contribution in [1.29, 1.82) is 0 Å². The fourth-order valence-corrected chi connectivity index (χ4v) is 4.33. The third-order valence-corrected chi connectivity index (χ3v) is 6.11. The SMILES string of the molecule is C[C@@H]1CN(Cc2ccccc2)[C@@H](C)CN1C(=O)c1nc2c(C(=O)C(=O)O)n(C)nc2nc1Cl. The molecule has 0 aliphatic carbocycles. The third kappa shape index (κ3) is 4.31. The lowest BCUT2D eigenvalue weighted by atomic mass is 10.1. The average molecular weight is 471 g/mol. The minimum atomic E-state index is -1.65. The topological polar surface area (TPSA) is 122 Å². The molecule has 10 nitrogen and oxygen atoms in total. The van der Waals surface area contributed by atoms with E-state index in [0.717, 1.165) is 11.2 Å². The molecule has 1 aliphatic heterocycles. The number of halogens is 1. The highest BCUT2D eigenvalue weighted by atomic mass is 35.5. The van der Waals surface area contributed by atoms with Crippen LogP contribution in [0.2, 0.25) is 5.15 Å². The maximum absolute atomic E-state index is 13.4. The number of carboxylic acid groups (broad SMARTS) is 1. The van der Waals surface area contributed by atoms with E-state index >= 15 is 0 Å². The van der Waals surface area contributed by atoms with Crippen LogP contribution in [-0.2, 0) is 18.4 Å². The van der Waals surface area contributed by atoms with E-state index in [1.165, 1.54) is 12.6 Å². The standard InChI is InChI=1S/C22H23ClN6O4/c1-12-10-29(13(2)9-28(12)11-14-7-5-4-6-8-14)21(31)16-19(23)25-20-15(24-16)17(27(3)26-20)18(30)22(32)33/h4-8,12-13H,9-11H2,1-3H3,(H,32,33)/t12-,13+/m0/s1. The fraction of sp³-hybridized carbons (Fsp3) is 0.364. The van der Waals surface area contributed by atoms with E-state index in [1.807, 2.05) is 25.1 Å². The van der Waals surface area contributed by atoms with Gasteiger partial charge in [-0.2, -0.15) is 5.10 Å². The zero-order chi connectivity index (χ0) is 23.9. The number of amides is 1. The van der Waals surface area contributed by atoms with Gasteiger partial charge >= 0.3 is 5.97 Å². The van der Waals surface area contributed by atoms with Crippen molar-refractivity contribution in [1.82, 2.24) is 29.5 Å². The van der Waals surface area contributed by atoms with Crippen molar-refractivity contribution in [3.8, 4) is 0 Å². The van der Waals surface area contributed by atoms with Gasteiger partial charge in [0.1, 0.15) is 11.2 Å². The molecule has 0 spiro atoms. The van der Waals surface area contributed by atoms with Gasteiger partial charge in [-0.15, -0.1) is 0 Å². The molecule has 3 aromatic rings. The van der Waals surface area contributed by atoms with Crippen molar-refractivity contribution >= 4 is 40.4 Å². The summed E-state index contributed by atoms with van der Waals surface area (Å²) in [5.41, 5.74) is 0.735. The molecule has 2 aromatic heterocycles. The molecule has 172 valence electrons. The van der Waals surface area contributed by atoms with E-state index in [2.05, 4.69) is 39.0 Å². The van der Waals surface area contributed by atoms with Gasteiger partial charge < -0.3 is 10.0 Å².